The quantitative estimate of drug-likeness (QED) is 0.451. The van der Waals surface area contributed by atoms with E-state index in [4.69, 9.17) is 11.6 Å². The second kappa shape index (κ2) is 9.22. The number of hydrogen-bond acceptors (Lipinski definition) is 3. The highest BCUT2D eigenvalue weighted by Gasteiger charge is 2.50. The Balaban J connectivity index is 2.06. The summed E-state index contributed by atoms with van der Waals surface area (Å²) in [4.78, 5) is 12.5. The molecule has 0 aromatic heterocycles. The molecule has 1 saturated carbocycles. The van der Waals surface area contributed by atoms with Gasteiger partial charge >= 0.3 is 0 Å². The number of rotatable bonds is 6. The van der Waals surface area contributed by atoms with E-state index in [-0.39, 0.29) is 35.0 Å². The number of carbonyl (C=O) groups is 1. The summed E-state index contributed by atoms with van der Waals surface area (Å²) in [5.74, 6) is -1.42. The van der Waals surface area contributed by atoms with E-state index in [1.165, 1.54) is 24.3 Å². The van der Waals surface area contributed by atoms with E-state index in [0.29, 0.717) is 24.3 Å². The van der Waals surface area contributed by atoms with Gasteiger partial charge in [-0.1, -0.05) is 45.2 Å². The van der Waals surface area contributed by atoms with Crippen LogP contribution in [0.3, 0.4) is 0 Å². The number of ketones is 1. The molecule has 0 unspecified atom stereocenters. The van der Waals surface area contributed by atoms with Gasteiger partial charge in [-0.25, -0.2) is 17.2 Å². The van der Waals surface area contributed by atoms with E-state index in [0.717, 1.165) is 24.6 Å². The second-order valence-electron chi connectivity index (χ2n) is 9.75. The van der Waals surface area contributed by atoms with Crippen LogP contribution in [0.4, 0.5) is 8.78 Å². The molecule has 3 nitrogen and oxygen atoms in total. The zero-order valence-electron chi connectivity index (χ0n) is 18.6. The molecule has 1 aliphatic carbocycles. The van der Waals surface area contributed by atoms with Crippen molar-refractivity contribution in [1.29, 1.82) is 0 Å². The van der Waals surface area contributed by atoms with Crippen molar-refractivity contribution < 1.29 is 22.0 Å². The molecular weight excluding hydrogens is 454 g/mol. The van der Waals surface area contributed by atoms with Gasteiger partial charge in [0.05, 0.1) is 4.90 Å². The van der Waals surface area contributed by atoms with E-state index in [1.807, 2.05) is 20.8 Å². The van der Waals surface area contributed by atoms with Crippen molar-refractivity contribution in [2.75, 3.05) is 0 Å². The minimum Gasteiger partial charge on any atom is -0.299 e. The second-order valence-corrected chi connectivity index (χ2v) is 12.4. The van der Waals surface area contributed by atoms with Gasteiger partial charge in [0.15, 0.2) is 9.84 Å². The minimum atomic E-state index is -4.08. The molecule has 0 heterocycles. The lowest BCUT2D eigenvalue weighted by atomic mass is 9.74. The van der Waals surface area contributed by atoms with Crippen molar-refractivity contribution in [2.24, 2.45) is 11.3 Å². The average molecular weight is 483 g/mol. The summed E-state index contributed by atoms with van der Waals surface area (Å²) in [6.45, 7) is 5.56. The number of halogens is 3. The van der Waals surface area contributed by atoms with Crippen LogP contribution in [-0.4, -0.2) is 14.2 Å². The summed E-state index contributed by atoms with van der Waals surface area (Å²) in [5.41, 5.74) is -0.616. The van der Waals surface area contributed by atoms with Gasteiger partial charge in [0.2, 0.25) is 0 Å². The first-order valence-electron chi connectivity index (χ1n) is 10.9. The summed E-state index contributed by atoms with van der Waals surface area (Å²) in [7, 11) is -4.08. The topological polar surface area (TPSA) is 51.2 Å². The average Bonchev–Trinajstić information content (AvgIpc) is 2.73. The van der Waals surface area contributed by atoms with Gasteiger partial charge in [0.25, 0.3) is 0 Å². The lowest BCUT2D eigenvalue weighted by Gasteiger charge is -2.41. The third-order valence-electron chi connectivity index (χ3n) is 6.49. The third kappa shape index (κ3) is 4.91. The molecule has 7 heteroatoms. The lowest BCUT2D eigenvalue weighted by Crippen LogP contribution is -2.41. The Morgan fingerprint density at radius 3 is 2.41 bits per heavy atom. The molecule has 32 heavy (non-hydrogen) atoms. The molecule has 3 rings (SSSR count). The molecule has 174 valence electrons. The van der Waals surface area contributed by atoms with E-state index in [1.54, 1.807) is 0 Å². The molecule has 2 atom stereocenters. The number of hydrogen-bond donors (Lipinski definition) is 0. The normalized spacial score (nSPS) is 22.0. The van der Waals surface area contributed by atoms with E-state index >= 15 is 4.39 Å². The summed E-state index contributed by atoms with van der Waals surface area (Å²) in [5, 5.41) is 0.386. The molecule has 0 saturated heterocycles. The molecule has 2 aromatic rings. The van der Waals surface area contributed by atoms with Crippen LogP contribution in [0.15, 0.2) is 47.4 Å². The first kappa shape index (κ1) is 24.8. The molecule has 0 N–H and O–H groups in total. The van der Waals surface area contributed by atoms with Crippen molar-refractivity contribution in [3.8, 4) is 0 Å². The molecular formula is C25H29ClF2O3S. The van der Waals surface area contributed by atoms with Crippen molar-refractivity contribution >= 4 is 27.2 Å². The number of carbonyl (C=O) groups excluding carboxylic acids is 1. The Morgan fingerprint density at radius 1 is 1.12 bits per heavy atom. The Labute approximate surface area is 194 Å². The third-order valence-corrected chi connectivity index (χ3v) is 9.25. The Morgan fingerprint density at radius 2 is 1.78 bits per heavy atom. The van der Waals surface area contributed by atoms with Gasteiger partial charge in [-0.05, 0) is 67.6 Å². The maximum Gasteiger partial charge on any atom is 0.188 e. The van der Waals surface area contributed by atoms with Crippen molar-refractivity contribution in [3.05, 3.63) is 64.7 Å². The maximum absolute atomic E-state index is 15.0. The molecule has 2 aromatic carbocycles. The highest BCUT2D eigenvalue weighted by atomic mass is 35.5. The van der Waals surface area contributed by atoms with Gasteiger partial charge in [0.1, 0.15) is 22.2 Å². The van der Waals surface area contributed by atoms with Crippen LogP contribution in [0.5, 0.6) is 0 Å². The summed E-state index contributed by atoms with van der Waals surface area (Å²) < 4.78 is 55.4. The van der Waals surface area contributed by atoms with Crippen LogP contribution in [0.1, 0.15) is 64.9 Å². The van der Waals surface area contributed by atoms with Crippen LogP contribution in [0.2, 0.25) is 5.02 Å². The summed E-state index contributed by atoms with van der Waals surface area (Å²) in [6, 6.07) is 8.75. The first-order chi connectivity index (χ1) is 14.9. The zero-order chi connectivity index (χ0) is 23.7. The predicted octanol–water partition coefficient (Wildman–Crippen LogP) is 6.87. The van der Waals surface area contributed by atoms with Gasteiger partial charge in [-0.3, -0.25) is 4.79 Å². The summed E-state index contributed by atoms with van der Waals surface area (Å²) >= 11 is 5.94. The zero-order valence-corrected chi connectivity index (χ0v) is 20.2. The van der Waals surface area contributed by atoms with Crippen molar-refractivity contribution in [2.45, 2.75) is 68.9 Å². The fourth-order valence-electron chi connectivity index (χ4n) is 4.62. The van der Waals surface area contributed by atoms with Crippen LogP contribution < -0.4 is 0 Å². The molecule has 0 bridgehead atoms. The Bertz CT molecular complexity index is 1090. The van der Waals surface area contributed by atoms with Gasteiger partial charge in [-0.2, -0.15) is 0 Å². The van der Waals surface area contributed by atoms with Crippen LogP contribution in [-0.2, 0) is 19.4 Å². The standard InChI is InChI=1S/C25H29ClF2O3S/c1-24(2,3)23(29)13-6-17-5-4-14-25(16-17,21-15-19(27)9-12-22(21)28)32(30,31)20-10-7-18(26)8-11-20/h7-12,15,17H,4-6,13-14,16H2,1-3H3/t17-,25+/m0/s1. The molecule has 0 spiro atoms. The Kier molecular flexibility index (Phi) is 7.16. The smallest absolute Gasteiger partial charge is 0.188 e. The Hall–Kier alpha value is -1.79. The fourth-order valence-corrected chi connectivity index (χ4v) is 7.01. The SMILES string of the molecule is CC(C)(C)C(=O)CC[C@@H]1CCC[C@@](c2cc(F)ccc2F)(S(=O)(=O)c2ccc(Cl)cc2)C1. The van der Waals surface area contributed by atoms with Gasteiger partial charge in [0, 0.05) is 22.4 Å². The van der Waals surface area contributed by atoms with E-state index in [9.17, 15) is 17.6 Å². The molecule has 1 fully saturated rings. The predicted molar refractivity (Wildman–Crippen MR) is 122 cm³/mol. The van der Waals surface area contributed by atoms with E-state index in [2.05, 4.69) is 0 Å². The fraction of sp³-hybridized carbons (Fsp3) is 0.480. The number of benzene rings is 2. The van der Waals surface area contributed by atoms with Gasteiger partial charge < -0.3 is 0 Å². The largest absolute Gasteiger partial charge is 0.299 e. The maximum atomic E-state index is 15.0. The molecule has 0 radical (unpaired) electrons. The van der Waals surface area contributed by atoms with Crippen molar-refractivity contribution in [1.82, 2.24) is 0 Å². The lowest BCUT2D eigenvalue weighted by molar-refractivity contribution is -0.126. The first-order valence-corrected chi connectivity index (χ1v) is 12.7. The van der Waals surface area contributed by atoms with Gasteiger partial charge in [-0.15, -0.1) is 0 Å². The van der Waals surface area contributed by atoms with Crippen LogP contribution in [0, 0.1) is 23.0 Å². The molecule has 0 aliphatic heterocycles. The van der Waals surface area contributed by atoms with Crippen molar-refractivity contribution in [3.63, 3.8) is 0 Å². The van der Waals surface area contributed by atoms with Crippen LogP contribution in [0.25, 0.3) is 0 Å². The van der Waals surface area contributed by atoms with E-state index < -0.39 is 31.6 Å². The highest BCUT2D eigenvalue weighted by molar-refractivity contribution is 7.92. The highest BCUT2D eigenvalue weighted by Crippen LogP contribution is 2.50. The molecule has 1 aliphatic rings. The summed E-state index contributed by atoms with van der Waals surface area (Å²) in [6.07, 6.45) is 2.45. The monoisotopic (exact) mass is 482 g/mol. The molecule has 0 amide bonds. The number of sulfone groups is 1. The minimum absolute atomic E-state index is 0.0250. The van der Waals surface area contributed by atoms with Crippen LogP contribution >= 0.6 is 11.6 Å². The number of Topliss-reactive ketones (excluding diaryl/α,β-unsaturated/α-hetero) is 1.